The van der Waals surface area contributed by atoms with Crippen LogP contribution in [-0.2, 0) is 11.3 Å². The van der Waals surface area contributed by atoms with Crippen LogP contribution in [0.3, 0.4) is 0 Å². The monoisotopic (exact) mass is 333 g/mol. The summed E-state index contributed by atoms with van der Waals surface area (Å²) in [4.78, 5) is 44.1. The molecule has 2 aromatic rings. The van der Waals surface area contributed by atoms with Gasteiger partial charge in [-0.15, -0.1) is 0 Å². The number of methoxy groups -OCH3 is 1. The molecule has 0 bridgehead atoms. The van der Waals surface area contributed by atoms with Gasteiger partial charge in [-0.2, -0.15) is 0 Å². The minimum Gasteiger partial charge on any atom is -0.465 e. The Morgan fingerprint density at radius 2 is 1.71 bits per heavy atom. The number of pyridine rings is 1. The Hall–Kier alpha value is -3.56. The van der Waals surface area contributed by atoms with E-state index < -0.39 is 32.6 Å². The fraction of sp³-hybridized carbons (Fsp3) is 0.143. The maximum atomic E-state index is 12.3. The van der Waals surface area contributed by atoms with E-state index >= 15 is 0 Å². The Kier molecular flexibility index (Phi) is 4.68. The van der Waals surface area contributed by atoms with Crippen molar-refractivity contribution >= 4 is 17.3 Å². The van der Waals surface area contributed by atoms with E-state index in [0.717, 1.165) is 23.9 Å². The fourth-order valence-electron chi connectivity index (χ4n) is 2.01. The molecule has 0 fully saturated rings. The van der Waals surface area contributed by atoms with Gasteiger partial charge >= 0.3 is 5.97 Å². The van der Waals surface area contributed by atoms with Crippen molar-refractivity contribution in [3.05, 3.63) is 78.2 Å². The van der Waals surface area contributed by atoms with Crippen molar-refractivity contribution in [2.24, 2.45) is 0 Å². The number of hydrogen-bond acceptors (Lipinski definition) is 7. The Morgan fingerprint density at radius 3 is 2.21 bits per heavy atom. The van der Waals surface area contributed by atoms with Crippen LogP contribution in [0.25, 0.3) is 0 Å². The highest BCUT2D eigenvalue weighted by molar-refractivity contribution is 5.89. The summed E-state index contributed by atoms with van der Waals surface area (Å²) >= 11 is 0. The van der Waals surface area contributed by atoms with Crippen molar-refractivity contribution in [3.63, 3.8) is 0 Å². The molecule has 0 aliphatic heterocycles. The van der Waals surface area contributed by atoms with Gasteiger partial charge in [-0.25, -0.2) is 4.79 Å². The maximum Gasteiger partial charge on any atom is 0.343 e. The Bertz CT molecular complexity index is 871. The average Bonchev–Trinajstić information content (AvgIpc) is 2.56. The van der Waals surface area contributed by atoms with Crippen LogP contribution in [0.4, 0.5) is 11.4 Å². The first-order valence-electron chi connectivity index (χ1n) is 6.54. The van der Waals surface area contributed by atoms with Gasteiger partial charge in [0.05, 0.1) is 29.7 Å². The summed E-state index contributed by atoms with van der Waals surface area (Å²) in [6, 6.07) is 6.18. The Morgan fingerprint density at radius 1 is 1.12 bits per heavy atom. The first-order chi connectivity index (χ1) is 11.3. The molecule has 0 atom stereocenters. The minimum atomic E-state index is -0.985. The minimum absolute atomic E-state index is 0.0947. The van der Waals surface area contributed by atoms with Crippen LogP contribution in [0.15, 0.2) is 41.3 Å². The van der Waals surface area contributed by atoms with Crippen molar-refractivity contribution < 1.29 is 19.4 Å². The molecule has 1 aromatic heterocycles. The zero-order chi connectivity index (χ0) is 17.9. The molecule has 124 valence electrons. The number of rotatable bonds is 5. The zero-order valence-corrected chi connectivity index (χ0v) is 12.4. The summed E-state index contributed by atoms with van der Waals surface area (Å²) in [5.41, 5.74) is -1.30. The Labute approximate surface area is 134 Å². The molecule has 0 N–H and O–H groups in total. The number of hydrogen-bond donors (Lipinski definition) is 0. The van der Waals surface area contributed by atoms with E-state index in [4.69, 9.17) is 0 Å². The third-order valence-corrected chi connectivity index (χ3v) is 3.19. The molecule has 0 aliphatic carbocycles. The maximum absolute atomic E-state index is 12.3. The van der Waals surface area contributed by atoms with Gasteiger partial charge < -0.3 is 9.30 Å². The molecule has 2 rings (SSSR count). The van der Waals surface area contributed by atoms with E-state index in [1.54, 1.807) is 0 Å². The predicted molar refractivity (Wildman–Crippen MR) is 80.9 cm³/mol. The zero-order valence-electron chi connectivity index (χ0n) is 12.4. The van der Waals surface area contributed by atoms with E-state index in [2.05, 4.69) is 4.74 Å². The summed E-state index contributed by atoms with van der Waals surface area (Å²) in [6.07, 6.45) is 0.996. The van der Waals surface area contributed by atoms with Gasteiger partial charge in [-0.05, 0) is 5.56 Å². The van der Waals surface area contributed by atoms with E-state index in [9.17, 15) is 29.8 Å². The highest BCUT2D eigenvalue weighted by atomic mass is 16.6. The van der Waals surface area contributed by atoms with E-state index in [1.165, 1.54) is 24.3 Å². The van der Waals surface area contributed by atoms with Crippen LogP contribution >= 0.6 is 0 Å². The third kappa shape index (κ3) is 3.43. The quantitative estimate of drug-likeness (QED) is 0.459. The summed E-state index contributed by atoms with van der Waals surface area (Å²) in [5, 5.41) is 21.6. The molecular formula is C14H11N3O7. The lowest BCUT2D eigenvalue weighted by molar-refractivity contribution is -0.385. The number of nitrogens with zero attached hydrogens (tertiary/aromatic N) is 3. The molecule has 1 aromatic carbocycles. The van der Waals surface area contributed by atoms with Crippen LogP contribution in [0.2, 0.25) is 0 Å². The molecule has 10 nitrogen and oxygen atoms in total. The molecule has 0 saturated heterocycles. The molecule has 1 heterocycles. The lowest BCUT2D eigenvalue weighted by Gasteiger charge is -2.08. The van der Waals surface area contributed by atoms with Gasteiger partial charge in [-0.1, -0.05) is 12.1 Å². The summed E-state index contributed by atoms with van der Waals surface area (Å²) in [5.74, 6) is -0.985. The topological polar surface area (TPSA) is 135 Å². The van der Waals surface area contributed by atoms with Crippen molar-refractivity contribution in [3.8, 4) is 0 Å². The second kappa shape index (κ2) is 6.69. The standard InChI is InChI=1S/C14H11N3O7/c1-24-14(19)12-6-11(17(22)23)8-15(13(12)18)7-9-2-4-10(5-3-9)16(20)21/h2-6,8H,7H2,1H3. The summed E-state index contributed by atoms with van der Waals surface area (Å²) in [6.45, 7) is -0.0947. The Balaban J connectivity index is 2.47. The lowest BCUT2D eigenvalue weighted by Crippen LogP contribution is -2.27. The molecule has 0 saturated carbocycles. The van der Waals surface area contributed by atoms with Crippen molar-refractivity contribution in [2.75, 3.05) is 7.11 Å². The van der Waals surface area contributed by atoms with Crippen LogP contribution in [0.5, 0.6) is 0 Å². The summed E-state index contributed by atoms with van der Waals surface area (Å²) < 4.78 is 5.43. The van der Waals surface area contributed by atoms with Crippen molar-refractivity contribution in [1.82, 2.24) is 4.57 Å². The fourth-order valence-corrected chi connectivity index (χ4v) is 2.01. The predicted octanol–water partition coefficient (Wildman–Crippen LogP) is 1.50. The van der Waals surface area contributed by atoms with E-state index in [1.807, 2.05) is 0 Å². The number of ether oxygens (including phenoxy) is 1. The highest BCUT2D eigenvalue weighted by Gasteiger charge is 2.19. The van der Waals surface area contributed by atoms with E-state index in [-0.39, 0.29) is 12.2 Å². The molecule has 0 amide bonds. The molecule has 24 heavy (non-hydrogen) atoms. The molecular weight excluding hydrogens is 322 g/mol. The van der Waals surface area contributed by atoms with Gasteiger partial charge in [0.25, 0.3) is 16.9 Å². The van der Waals surface area contributed by atoms with Gasteiger partial charge in [-0.3, -0.25) is 25.0 Å². The van der Waals surface area contributed by atoms with Gasteiger partial charge in [0.2, 0.25) is 0 Å². The number of benzene rings is 1. The molecule has 10 heteroatoms. The van der Waals surface area contributed by atoms with Crippen LogP contribution in [0, 0.1) is 20.2 Å². The SMILES string of the molecule is COC(=O)c1cc([N+](=O)[O-])cn(Cc2ccc([N+](=O)[O-])cc2)c1=O. The molecule has 0 aliphatic rings. The molecule has 0 radical (unpaired) electrons. The third-order valence-electron chi connectivity index (χ3n) is 3.19. The number of carbonyl (C=O) groups excluding carboxylic acids is 1. The van der Waals surface area contributed by atoms with Crippen molar-refractivity contribution in [1.29, 1.82) is 0 Å². The van der Waals surface area contributed by atoms with Gasteiger partial charge in [0, 0.05) is 18.2 Å². The second-order valence-electron chi connectivity index (χ2n) is 4.72. The van der Waals surface area contributed by atoms with Crippen molar-refractivity contribution in [2.45, 2.75) is 6.54 Å². The van der Waals surface area contributed by atoms with E-state index in [0.29, 0.717) is 5.56 Å². The average molecular weight is 333 g/mol. The smallest absolute Gasteiger partial charge is 0.343 e. The molecule has 0 unspecified atom stereocenters. The number of aromatic nitrogens is 1. The number of carbonyl (C=O) groups is 1. The molecule has 0 spiro atoms. The number of esters is 1. The largest absolute Gasteiger partial charge is 0.465 e. The second-order valence-corrected chi connectivity index (χ2v) is 4.72. The summed E-state index contributed by atoms with van der Waals surface area (Å²) in [7, 11) is 1.06. The number of non-ortho nitro benzene ring substituents is 1. The lowest BCUT2D eigenvalue weighted by atomic mass is 10.2. The van der Waals surface area contributed by atoms with Crippen LogP contribution in [0.1, 0.15) is 15.9 Å². The van der Waals surface area contributed by atoms with Crippen LogP contribution < -0.4 is 5.56 Å². The van der Waals surface area contributed by atoms with Gasteiger partial charge in [0.1, 0.15) is 5.56 Å². The first-order valence-corrected chi connectivity index (χ1v) is 6.54. The van der Waals surface area contributed by atoms with Gasteiger partial charge in [0.15, 0.2) is 0 Å². The normalized spacial score (nSPS) is 10.2. The number of nitro benzene ring substituents is 1. The first kappa shape index (κ1) is 16.8. The van der Waals surface area contributed by atoms with Crippen LogP contribution in [-0.4, -0.2) is 27.5 Å². The highest BCUT2D eigenvalue weighted by Crippen LogP contribution is 2.15. The number of nitro groups is 2.